The number of allylic oxidation sites excluding steroid dienone is 2. The predicted octanol–water partition coefficient (Wildman–Crippen LogP) is 11.1. The predicted molar refractivity (Wildman–Crippen MR) is 220 cm³/mol. The molecular weight excluding hydrogens is 717 g/mol. The van der Waals surface area contributed by atoms with E-state index in [0.29, 0.717) is 53.6 Å². The van der Waals surface area contributed by atoms with E-state index in [1.54, 1.807) is 41.4 Å². The second-order valence-corrected chi connectivity index (χ2v) is 17.8. The molecule has 54 heavy (non-hydrogen) atoms. The normalized spacial score (nSPS) is 15.5. The number of methoxy groups -OCH3 is 4. The van der Waals surface area contributed by atoms with Crippen molar-refractivity contribution in [3.8, 4) is 28.7 Å². The molecule has 4 aromatic carbocycles. The fourth-order valence-corrected chi connectivity index (χ4v) is 9.17. The van der Waals surface area contributed by atoms with Gasteiger partial charge in [-0.25, -0.2) is 0 Å². The van der Waals surface area contributed by atoms with Crippen LogP contribution in [-0.4, -0.2) is 49.0 Å². The van der Waals surface area contributed by atoms with Gasteiger partial charge in [-0.1, -0.05) is 79.7 Å². The fraction of sp³-hybridized carbons (Fsp3) is 0.400. The van der Waals surface area contributed by atoms with Crippen LogP contribution in [-0.2, 0) is 12.8 Å². The van der Waals surface area contributed by atoms with E-state index in [1.807, 2.05) is 54.2 Å². The fourth-order valence-electron chi connectivity index (χ4n) is 6.99. The number of ketones is 1. The van der Waals surface area contributed by atoms with Gasteiger partial charge in [-0.05, 0) is 82.7 Å². The summed E-state index contributed by atoms with van der Waals surface area (Å²) >= 11 is 3.31. The molecule has 1 unspecified atom stereocenters. The van der Waals surface area contributed by atoms with Crippen molar-refractivity contribution in [3.05, 3.63) is 113 Å². The van der Waals surface area contributed by atoms with Gasteiger partial charge in [-0.15, -0.1) is 11.8 Å². The number of fused-ring (bicyclic) bond motifs is 1. The summed E-state index contributed by atoms with van der Waals surface area (Å²) < 4.78 is 30.2. The molecule has 0 aromatic heterocycles. The number of carbonyl (C=O) groups excluding carboxylic acids is 1. The molecule has 1 heterocycles. The second-order valence-electron chi connectivity index (χ2n) is 14.4. The third-order valence-corrected chi connectivity index (χ3v) is 12.2. The van der Waals surface area contributed by atoms with Gasteiger partial charge in [0.2, 0.25) is 0 Å². The molecule has 1 aliphatic rings. The van der Waals surface area contributed by atoms with E-state index in [9.17, 15) is 9.90 Å². The molecule has 0 bridgehead atoms. The molecule has 0 amide bonds. The van der Waals surface area contributed by atoms with E-state index in [1.165, 1.54) is 22.2 Å². The monoisotopic (exact) mass is 770 g/mol. The van der Waals surface area contributed by atoms with E-state index in [-0.39, 0.29) is 17.0 Å². The van der Waals surface area contributed by atoms with Crippen LogP contribution in [0.5, 0.6) is 28.7 Å². The lowest BCUT2D eigenvalue weighted by molar-refractivity contribution is 0.0842. The third kappa shape index (κ3) is 10.4. The summed E-state index contributed by atoms with van der Waals surface area (Å²) in [5, 5.41) is 11.3. The summed E-state index contributed by atoms with van der Waals surface area (Å²) in [6, 6.07) is 26.0. The Morgan fingerprint density at radius 3 is 2.06 bits per heavy atom. The van der Waals surface area contributed by atoms with E-state index in [0.717, 1.165) is 40.8 Å². The minimum atomic E-state index is -1.06. The van der Waals surface area contributed by atoms with Gasteiger partial charge in [0.05, 0.1) is 34.9 Å². The van der Waals surface area contributed by atoms with Crippen LogP contribution >= 0.6 is 23.5 Å². The Morgan fingerprint density at radius 2 is 1.44 bits per heavy atom. The van der Waals surface area contributed by atoms with Crippen molar-refractivity contribution in [2.75, 3.05) is 28.4 Å². The number of thioether (sulfide) groups is 2. The van der Waals surface area contributed by atoms with Crippen molar-refractivity contribution in [2.24, 2.45) is 0 Å². The number of aliphatic hydroxyl groups is 1. The average Bonchev–Trinajstić information content (AvgIpc) is 3.15. The van der Waals surface area contributed by atoms with Crippen molar-refractivity contribution in [1.29, 1.82) is 0 Å². The minimum absolute atomic E-state index is 0.0872. The summed E-state index contributed by atoms with van der Waals surface area (Å²) in [5.41, 5.74) is 4.20. The minimum Gasteiger partial charge on any atom is -0.496 e. The van der Waals surface area contributed by atoms with Gasteiger partial charge in [0.1, 0.15) is 33.8 Å². The van der Waals surface area contributed by atoms with Crippen LogP contribution in [0.25, 0.3) is 0 Å². The highest BCUT2D eigenvalue weighted by molar-refractivity contribution is 8.00. The number of benzene rings is 4. The van der Waals surface area contributed by atoms with E-state index in [2.05, 4.69) is 57.2 Å². The average molecular weight is 771 g/mol. The van der Waals surface area contributed by atoms with E-state index >= 15 is 0 Å². The number of hydrogen-bond acceptors (Lipinski definition) is 9. The Bertz CT molecular complexity index is 1900. The molecule has 5 rings (SSSR count). The van der Waals surface area contributed by atoms with Gasteiger partial charge in [0.25, 0.3) is 0 Å². The summed E-state index contributed by atoms with van der Waals surface area (Å²) in [6.07, 6.45) is 6.38. The number of ether oxygens (including phenoxy) is 5. The molecule has 0 fully saturated rings. The van der Waals surface area contributed by atoms with Crippen LogP contribution in [0.1, 0.15) is 93.0 Å². The van der Waals surface area contributed by atoms with Crippen LogP contribution < -0.4 is 23.7 Å². The molecule has 0 spiro atoms. The zero-order valence-corrected chi connectivity index (χ0v) is 34.5. The topological polar surface area (TPSA) is 83.5 Å². The molecule has 0 aliphatic carbocycles. The Kier molecular flexibility index (Phi) is 14.1. The Labute approximate surface area is 329 Å². The van der Waals surface area contributed by atoms with Crippen molar-refractivity contribution in [1.82, 2.24) is 0 Å². The maximum Gasteiger partial charge on any atom is 0.174 e. The third-order valence-electron chi connectivity index (χ3n) is 9.74. The standard InChI is InChI=1S/C45H54O7S2/c1-30(16-15-26-44(2,3)53-31-17-11-9-12-18-31)21-22-34-33(23-24-37(48-5)42(34)50-7)39-28-36(46)41-40(52-39)29-38(49-6)35(43(41)51-8)25-27-45(4,47)54-32-19-13-10-14-20-32/h9-14,17-21,23-24,29,39,47H,15-16,22,25-28H2,1-8H3/b30-21-/t39-,45?/m0/s1. The quantitative estimate of drug-likeness (QED) is 0.0604. The number of carbonyl (C=O) groups is 1. The maximum absolute atomic E-state index is 14.1. The van der Waals surface area contributed by atoms with Gasteiger partial charge >= 0.3 is 0 Å². The van der Waals surface area contributed by atoms with Crippen molar-refractivity contribution >= 4 is 29.3 Å². The first kappa shape index (κ1) is 41.1. The SMILES string of the molecule is COc1cc2c(c(OC)c1CCC(C)(O)Sc1ccccc1)C(=O)C[C@@H](c1ccc(OC)c(OC)c1C/C=C(/C)CCCC(C)(C)Sc1ccccc1)O2. The Morgan fingerprint density at radius 1 is 0.815 bits per heavy atom. The second kappa shape index (κ2) is 18.5. The van der Waals surface area contributed by atoms with Crippen LogP contribution in [0.4, 0.5) is 0 Å². The first-order valence-electron chi connectivity index (χ1n) is 18.5. The van der Waals surface area contributed by atoms with Gasteiger partial charge in [-0.3, -0.25) is 4.79 Å². The highest BCUT2D eigenvalue weighted by Gasteiger charge is 2.36. The molecule has 0 saturated heterocycles. The first-order valence-corrected chi connectivity index (χ1v) is 20.1. The highest BCUT2D eigenvalue weighted by atomic mass is 32.2. The summed E-state index contributed by atoms with van der Waals surface area (Å²) in [4.78, 5) is 15.3. The van der Waals surface area contributed by atoms with E-state index < -0.39 is 11.0 Å². The Balaban J connectivity index is 1.36. The zero-order valence-electron chi connectivity index (χ0n) is 32.8. The molecule has 1 aliphatic heterocycles. The summed E-state index contributed by atoms with van der Waals surface area (Å²) in [7, 11) is 6.42. The Hall–Kier alpha value is -4.05. The summed E-state index contributed by atoms with van der Waals surface area (Å²) in [6.45, 7) is 8.59. The van der Waals surface area contributed by atoms with Gasteiger partial charge in [-0.2, -0.15) is 0 Å². The van der Waals surface area contributed by atoms with Crippen molar-refractivity contribution < 1.29 is 33.6 Å². The lowest BCUT2D eigenvalue weighted by Gasteiger charge is -2.30. The largest absolute Gasteiger partial charge is 0.496 e. The molecule has 288 valence electrons. The lowest BCUT2D eigenvalue weighted by Crippen LogP contribution is -2.24. The van der Waals surface area contributed by atoms with Gasteiger partial charge in [0.15, 0.2) is 17.3 Å². The zero-order chi connectivity index (χ0) is 38.9. The van der Waals surface area contributed by atoms with Crippen LogP contribution in [0.3, 0.4) is 0 Å². The number of rotatable bonds is 18. The summed E-state index contributed by atoms with van der Waals surface area (Å²) in [5.74, 6) is 2.53. The smallest absolute Gasteiger partial charge is 0.174 e. The highest BCUT2D eigenvalue weighted by Crippen LogP contribution is 2.48. The van der Waals surface area contributed by atoms with Gasteiger partial charge in [0, 0.05) is 37.3 Å². The van der Waals surface area contributed by atoms with Crippen LogP contribution in [0.15, 0.2) is 100 Å². The first-order chi connectivity index (χ1) is 25.9. The van der Waals surface area contributed by atoms with Crippen LogP contribution in [0, 0.1) is 0 Å². The maximum atomic E-state index is 14.1. The molecule has 0 saturated carbocycles. The number of Topliss-reactive ketones (excluding diaryl/α,β-unsaturated/α-hetero) is 1. The molecule has 0 radical (unpaired) electrons. The number of hydrogen-bond donors (Lipinski definition) is 1. The molecule has 4 aromatic rings. The molecular formula is C45H54O7S2. The van der Waals surface area contributed by atoms with E-state index in [4.69, 9.17) is 23.7 Å². The van der Waals surface area contributed by atoms with Gasteiger partial charge < -0.3 is 28.8 Å². The van der Waals surface area contributed by atoms with Crippen molar-refractivity contribution in [2.45, 2.75) is 98.2 Å². The molecule has 7 nitrogen and oxygen atoms in total. The van der Waals surface area contributed by atoms with Crippen molar-refractivity contribution in [3.63, 3.8) is 0 Å². The molecule has 2 atom stereocenters. The van der Waals surface area contributed by atoms with Crippen LogP contribution in [0.2, 0.25) is 0 Å². The molecule has 9 heteroatoms. The lowest BCUT2D eigenvalue weighted by atomic mass is 9.89. The molecule has 1 N–H and O–H groups in total.